The van der Waals surface area contributed by atoms with E-state index in [4.69, 9.17) is 0 Å². The monoisotopic (exact) mass is 239 g/mol. The van der Waals surface area contributed by atoms with Crippen LogP contribution in [0.25, 0.3) is 0 Å². The summed E-state index contributed by atoms with van der Waals surface area (Å²) < 4.78 is 0. The van der Waals surface area contributed by atoms with Gasteiger partial charge < -0.3 is 0 Å². The molecule has 101 valence electrons. The summed E-state index contributed by atoms with van der Waals surface area (Å²) in [4.78, 5) is 10.8. The van der Waals surface area contributed by atoms with Gasteiger partial charge in [0.15, 0.2) is 0 Å². The Morgan fingerprint density at radius 1 is 0.706 bits per heavy atom. The van der Waals surface area contributed by atoms with Gasteiger partial charge in [-0.15, -0.1) is 0 Å². The molecule has 0 aliphatic rings. The number of unbranched alkanes of at least 4 members (excludes halogenated alkanes) is 8. The van der Waals surface area contributed by atoms with Gasteiger partial charge in [0.25, 0.3) is 0 Å². The fourth-order valence-corrected chi connectivity index (χ4v) is 2.25. The van der Waals surface area contributed by atoms with Gasteiger partial charge in [-0.25, -0.2) is 0 Å². The number of rotatable bonds is 13. The second-order valence-corrected chi connectivity index (χ2v) is 5.22. The average Bonchev–Trinajstić information content (AvgIpc) is 2.36. The zero-order chi connectivity index (χ0) is 12.8. The molecule has 0 aromatic heterocycles. The van der Waals surface area contributed by atoms with E-state index in [1.165, 1.54) is 64.2 Å². The van der Waals surface area contributed by atoms with E-state index in [2.05, 4.69) is 20.1 Å². The largest absolute Gasteiger partial charge is 0.291 e. The molecule has 0 saturated carbocycles. The molecule has 1 nitrogen and oxygen atoms in total. The third kappa shape index (κ3) is 11.9. The summed E-state index contributed by atoms with van der Waals surface area (Å²) in [6.07, 6.45) is 17.3. The van der Waals surface area contributed by atoms with Gasteiger partial charge in [0.05, 0.1) is 0 Å². The SMILES string of the molecule is CCCCCCCC([C]=O)CCCCCCC. The smallest absolute Gasteiger partial charge is 0.201 e. The van der Waals surface area contributed by atoms with Crippen LogP contribution in [0.5, 0.6) is 0 Å². The zero-order valence-electron chi connectivity index (χ0n) is 12.0. The summed E-state index contributed by atoms with van der Waals surface area (Å²) in [6.45, 7) is 4.47. The van der Waals surface area contributed by atoms with Crippen molar-refractivity contribution in [3.8, 4) is 0 Å². The second kappa shape index (κ2) is 13.7. The Kier molecular flexibility index (Phi) is 13.5. The van der Waals surface area contributed by atoms with E-state index in [9.17, 15) is 4.79 Å². The van der Waals surface area contributed by atoms with Crippen LogP contribution in [0.1, 0.15) is 90.9 Å². The molecule has 0 spiro atoms. The Morgan fingerprint density at radius 3 is 1.47 bits per heavy atom. The van der Waals surface area contributed by atoms with Gasteiger partial charge in [0.2, 0.25) is 6.29 Å². The average molecular weight is 239 g/mol. The van der Waals surface area contributed by atoms with Crippen LogP contribution < -0.4 is 0 Å². The molecular weight excluding hydrogens is 208 g/mol. The van der Waals surface area contributed by atoms with Crippen LogP contribution in [-0.2, 0) is 4.79 Å². The lowest BCUT2D eigenvalue weighted by Gasteiger charge is -2.08. The molecule has 17 heavy (non-hydrogen) atoms. The molecule has 1 heteroatoms. The molecule has 0 aromatic carbocycles. The van der Waals surface area contributed by atoms with E-state index >= 15 is 0 Å². The maximum Gasteiger partial charge on any atom is 0.201 e. The highest BCUT2D eigenvalue weighted by molar-refractivity contribution is 5.54. The molecule has 0 aliphatic heterocycles. The Bertz CT molecular complexity index is 140. The summed E-state index contributed by atoms with van der Waals surface area (Å²) in [6, 6.07) is 0. The van der Waals surface area contributed by atoms with Gasteiger partial charge in [0, 0.05) is 5.92 Å². The summed E-state index contributed by atoms with van der Waals surface area (Å²) in [7, 11) is 0. The van der Waals surface area contributed by atoms with E-state index < -0.39 is 0 Å². The molecule has 0 aromatic rings. The lowest BCUT2D eigenvalue weighted by Crippen LogP contribution is -2.02. The number of hydrogen-bond donors (Lipinski definition) is 0. The first-order valence-electron chi connectivity index (χ1n) is 7.72. The van der Waals surface area contributed by atoms with Crippen molar-refractivity contribution in [3.05, 3.63) is 0 Å². The first-order chi connectivity index (χ1) is 8.35. The first kappa shape index (κ1) is 16.7. The second-order valence-electron chi connectivity index (χ2n) is 5.22. The highest BCUT2D eigenvalue weighted by Gasteiger charge is 2.07. The van der Waals surface area contributed by atoms with Gasteiger partial charge in [-0.1, -0.05) is 78.1 Å². The molecule has 0 saturated heterocycles. The van der Waals surface area contributed by atoms with Crippen molar-refractivity contribution in [1.29, 1.82) is 0 Å². The Morgan fingerprint density at radius 2 is 1.12 bits per heavy atom. The molecule has 0 fully saturated rings. The zero-order valence-corrected chi connectivity index (χ0v) is 12.0. The van der Waals surface area contributed by atoms with Crippen molar-refractivity contribution in [3.63, 3.8) is 0 Å². The fourth-order valence-electron chi connectivity index (χ4n) is 2.25. The number of carbonyl (C=O) groups excluding carboxylic acids is 1. The van der Waals surface area contributed by atoms with Gasteiger partial charge >= 0.3 is 0 Å². The van der Waals surface area contributed by atoms with E-state index in [0.717, 1.165) is 12.8 Å². The fraction of sp³-hybridized carbons (Fsp3) is 0.938. The third-order valence-corrected chi connectivity index (χ3v) is 3.48. The van der Waals surface area contributed by atoms with E-state index in [-0.39, 0.29) is 5.92 Å². The standard InChI is InChI=1S/C16H31O/c1-3-5-7-9-11-13-16(15-17)14-12-10-8-6-4-2/h16H,3-14H2,1-2H3. The van der Waals surface area contributed by atoms with Crippen LogP contribution in [0.3, 0.4) is 0 Å². The lowest BCUT2D eigenvalue weighted by atomic mass is 9.95. The summed E-state index contributed by atoms with van der Waals surface area (Å²) >= 11 is 0. The van der Waals surface area contributed by atoms with Crippen LogP contribution in [0, 0.1) is 5.92 Å². The summed E-state index contributed by atoms with van der Waals surface area (Å²) in [5.74, 6) is 0.221. The van der Waals surface area contributed by atoms with Gasteiger partial charge in [-0.2, -0.15) is 0 Å². The molecular formula is C16H31O. The summed E-state index contributed by atoms with van der Waals surface area (Å²) in [5.41, 5.74) is 0. The van der Waals surface area contributed by atoms with Crippen molar-refractivity contribution in [1.82, 2.24) is 0 Å². The highest BCUT2D eigenvalue weighted by atomic mass is 16.1. The van der Waals surface area contributed by atoms with Crippen molar-refractivity contribution in [2.75, 3.05) is 0 Å². The highest BCUT2D eigenvalue weighted by Crippen LogP contribution is 2.17. The van der Waals surface area contributed by atoms with Crippen LogP contribution in [0.15, 0.2) is 0 Å². The van der Waals surface area contributed by atoms with Crippen molar-refractivity contribution < 1.29 is 4.79 Å². The minimum atomic E-state index is 0.221. The lowest BCUT2D eigenvalue weighted by molar-refractivity contribution is 0.452. The molecule has 0 aliphatic carbocycles. The Labute approximate surface area is 108 Å². The molecule has 0 bridgehead atoms. The van der Waals surface area contributed by atoms with Crippen molar-refractivity contribution in [2.45, 2.75) is 90.9 Å². The quantitative estimate of drug-likeness (QED) is 0.391. The molecule has 0 N–H and O–H groups in total. The first-order valence-corrected chi connectivity index (χ1v) is 7.72. The topological polar surface area (TPSA) is 17.1 Å². The Hall–Kier alpha value is -0.330. The minimum Gasteiger partial charge on any atom is -0.291 e. The van der Waals surface area contributed by atoms with Crippen molar-refractivity contribution >= 4 is 6.29 Å². The third-order valence-electron chi connectivity index (χ3n) is 3.48. The predicted molar refractivity (Wildman–Crippen MR) is 75.9 cm³/mol. The van der Waals surface area contributed by atoms with Crippen molar-refractivity contribution in [2.24, 2.45) is 5.92 Å². The van der Waals surface area contributed by atoms with Gasteiger partial charge in [0.1, 0.15) is 0 Å². The Balaban J connectivity index is 3.33. The molecule has 0 unspecified atom stereocenters. The van der Waals surface area contributed by atoms with Crippen LogP contribution in [0.2, 0.25) is 0 Å². The molecule has 0 amide bonds. The normalized spacial score (nSPS) is 11.0. The van der Waals surface area contributed by atoms with E-state index in [1.807, 2.05) is 0 Å². The van der Waals surface area contributed by atoms with Crippen LogP contribution in [0.4, 0.5) is 0 Å². The van der Waals surface area contributed by atoms with Crippen LogP contribution >= 0.6 is 0 Å². The van der Waals surface area contributed by atoms with Gasteiger partial charge in [-0.05, 0) is 12.8 Å². The number of hydrogen-bond acceptors (Lipinski definition) is 1. The van der Waals surface area contributed by atoms with E-state index in [0.29, 0.717) is 0 Å². The maximum atomic E-state index is 10.8. The molecule has 1 radical (unpaired) electrons. The van der Waals surface area contributed by atoms with Crippen LogP contribution in [-0.4, -0.2) is 6.29 Å². The molecule has 0 rings (SSSR count). The van der Waals surface area contributed by atoms with E-state index in [1.54, 1.807) is 0 Å². The molecule has 0 heterocycles. The maximum absolute atomic E-state index is 10.8. The summed E-state index contributed by atoms with van der Waals surface area (Å²) in [5, 5.41) is 0. The predicted octanol–water partition coefficient (Wildman–Crippen LogP) is 5.43. The minimum absolute atomic E-state index is 0.221. The molecule has 0 atom stereocenters. The van der Waals surface area contributed by atoms with Gasteiger partial charge in [-0.3, -0.25) is 4.79 Å².